The fraction of sp³-hybridized carbons (Fsp3) is 0.647. The summed E-state index contributed by atoms with van der Waals surface area (Å²) in [6.45, 7) is 4.15. The van der Waals surface area contributed by atoms with Crippen molar-refractivity contribution in [3.8, 4) is 17.2 Å². The molecule has 21 heavy (non-hydrogen) atoms. The molecule has 0 spiro atoms. The van der Waals surface area contributed by atoms with Crippen molar-refractivity contribution in [2.75, 3.05) is 27.9 Å². The minimum atomic E-state index is 0.437. The molecule has 0 heterocycles. The van der Waals surface area contributed by atoms with E-state index >= 15 is 0 Å². The number of nitrogens with one attached hydrogen (secondary N) is 1. The third-order valence-electron chi connectivity index (χ3n) is 4.48. The molecule has 1 aromatic carbocycles. The van der Waals surface area contributed by atoms with Crippen LogP contribution in [0.25, 0.3) is 0 Å². The quantitative estimate of drug-likeness (QED) is 0.836. The van der Waals surface area contributed by atoms with E-state index in [9.17, 15) is 0 Å². The van der Waals surface area contributed by atoms with Crippen molar-refractivity contribution >= 4 is 0 Å². The molecule has 1 fully saturated rings. The summed E-state index contributed by atoms with van der Waals surface area (Å²) in [7, 11) is 5.00. The van der Waals surface area contributed by atoms with Crippen LogP contribution in [0.2, 0.25) is 0 Å². The first-order chi connectivity index (χ1) is 10.1. The van der Waals surface area contributed by atoms with Gasteiger partial charge in [-0.1, -0.05) is 19.8 Å². The second-order valence-electron chi connectivity index (χ2n) is 6.13. The van der Waals surface area contributed by atoms with Gasteiger partial charge < -0.3 is 19.5 Å². The van der Waals surface area contributed by atoms with E-state index in [0.717, 1.165) is 35.9 Å². The Morgan fingerprint density at radius 1 is 1.00 bits per heavy atom. The van der Waals surface area contributed by atoms with Gasteiger partial charge in [-0.25, -0.2) is 0 Å². The molecule has 0 amide bonds. The number of hydrogen-bond acceptors (Lipinski definition) is 4. The minimum absolute atomic E-state index is 0.437. The Morgan fingerprint density at radius 3 is 2.05 bits per heavy atom. The summed E-state index contributed by atoms with van der Waals surface area (Å²) >= 11 is 0. The highest BCUT2D eigenvalue weighted by Gasteiger charge is 2.28. The Labute approximate surface area is 127 Å². The Kier molecular flexibility index (Phi) is 5.34. The molecule has 1 N–H and O–H groups in total. The third kappa shape index (κ3) is 3.82. The second-order valence-corrected chi connectivity index (χ2v) is 6.13. The monoisotopic (exact) mass is 293 g/mol. The van der Waals surface area contributed by atoms with Gasteiger partial charge in [0.2, 0.25) is 0 Å². The van der Waals surface area contributed by atoms with Crippen molar-refractivity contribution in [2.45, 2.75) is 39.2 Å². The Hall–Kier alpha value is -1.42. The lowest BCUT2D eigenvalue weighted by Crippen LogP contribution is -2.29. The van der Waals surface area contributed by atoms with Crippen LogP contribution in [0.5, 0.6) is 17.2 Å². The molecule has 118 valence electrons. The molecule has 4 nitrogen and oxygen atoms in total. The maximum atomic E-state index is 5.48. The van der Waals surface area contributed by atoms with Crippen LogP contribution in [0, 0.1) is 5.41 Å². The zero-order valence-electron chi connectivity index (χ0n) is 13.6. The summed E-state index contributed by atoms with van der Waals surface area (Å²) in [5, 5.41) is 3.57. The van der Waals surface area contributed by atoms with E-state index in [0.29, 0.717) is 5.41 Å². The fourth-order valence-corrected chi connectivity index (χ4v) is 3.15. The van der Waals surface area contributed by atoms with E-state index in [4.69, 9.17) is 14.2 Å². The molecule has 0 atom stereocenters. The lowest BCUT2D eigenvalue weighted by Gasteiger charge is -2.24. The summed E-state index contributed by atoms with van der Waals surface area (Å²) in [4.78, 5) is 0. The zero-order valence-corrected chi connectivity index (χ0v) is 13.6. The van der Waals surface area contributed by atoms with Crippen molar-refractivity contribution in [1.29, 1.82) is 0 Å². The van der Waals surface area contributed by atoms with Crippen molar-refractivity contribution in [1.82, 2.24) is 5.32 Å². The third-order valence-corrected chi connectivity index (χ3v) is 4.48. The van der Waals surface area contributed by atoms with Crippen molar-refractivity contribution < 1.29 is 14.2 Å². The average molecular weight is 293 g/mol. The van der Waals surface area contributed by atoms with Gasteiger partial charge in [0.25, 0.3) is 0 Å². The molecule has 1 saturated carbocycles. The average Bonchev–Trinajstić information content (AvgIpc) is 2.93. The predicted molar refractivity (Wildman–Crippen MR) is 84.4 cm³/mol. The fourth-order valence-electron chi connectivity index (χ4n) is 3.15. The topological polar surface area (TPSA) is 39.7 Å². The molecule has 0 radical (unpaired) electrons. The SMILES string of the molecule is COc1cc(OC)c(CNCC2(C)CCCC2)c(OC)c1. The van der Waals surface area contributed by atoms with Crippen LogP contribution in [0.15, 0.2) is 12.1 Å². The molecule has 2 rings (SSSR count). The van der Waals surface area contributed by atoms with Crippen LogP contribution in [-0.2, 0) is 6.54 Å². The van der Waals surface area contributed by atoms with E-state index in [1.807, 2.05) is 12.1 Å². The molecule has 1 aliphatic carbocycles. The number of rotatable bonds is 7. The summed E-state index contributed by atoms with van der Waals surface area (Å²) in [5.74, 6) is 2.35. The molecule has 4 heteroatoms. The molecule has 0 aliphatic heterocycles. The number of methoxy groups -OCH3 is 3. The number of benzene rings is 1. The minimum Gasteiger partial charge on any atom is -0.496 e. The van der Waals surface area contributed by atoms with Gasteiger partial charge >= 0.3 is 0 Å². The van der Waals surface area contributed by atoms with Gasteiger partial charge in [-0.15, -0.1) is 0 Å². The van der Waals surface area contributed by atoms with Crippen LogP contribution in [-0.4, -0.2) is 27.9 Å². The standard InChI is InChI=1S/C17H27NO3/c1-17(7-5-6-8-17)12-18-11-14-15(20-3)9-13(19-2)10-16(14)21-4/h9-10,18H,5-8,11-12H2,1-4H3. The molecular formula is C17H27NO3. The Balaban J connectivity index is 2.07. The Morgan fingerprint density at radius 2 is 1.57 bits per heavy atom. The molecule has 0 aromatic heterocycles. The van der Waals surface area contributed by atoms with Crippen molar-refractivity contribution in [3.63, 3.8) is 0 Å². The molecule has 0 unspecified atom stereocenters. The Bertz CT molecular complexity index is 442. The first-order valence-electron chi connectivity index (χ1n) is 7.61. The zero-order chi connectivity index (χ0) is 15.3. The van der Waals surface area contributed by atoms with Gasteiger partial charge in [0.15, 0.2) is 0 Å². The van der Waals surface area contributed by atoms with E-state index in [-0.39, 0.29) is 0 Å². The summed E-state index contributed by atoms with van der Waals surface area (Å²) in [5.41, 5.74) is 1.48. The highest BCUT2D eigenvalue weighted by atomic mass is 16.5. The van der Waals surface area contributed by atoms with E-state index < -0.39 is 0 Å². The van der Waals surface area contributed by atoms with E-state index in [1.165, 1.54) is 25.7 Å². The van der Waals surface area contributed by atoms with Gasteiger partial charge in [-0.05, 0) is 18.3 Å². The maximum Gasteiger partial charge on any atom is 0.130 e. The van der Waals surface area contributed by atoms with Gasteiger partial charge in [0.05, 0.1) is 26.9 Å². The predicted octanol–water partition coefficient (Wildman–Crippen LogP) is 3.38. The van der Waals surface area contributed by atoms with Crippen LogP contribution in [0.4, 0.5) is 0 Å². The lowest BCUT2D eigenvalue weighted by molar-refractivity contribution is 0.310. The van der Waals surface area contributed by atoms with Crippen LogP contribution >= 0.6 is 0 Å². The van der Waals surface area contributed by atoms with Crippen LogP contribution in [0.1, 0.15) is 38.2 Å². The maximum absolute atomic E-state index is 5.48. The van der Waals surface area contributed by atoms with Crippen molar-refractivity contribution in [3.05, 3.63) is 17.7 Å². The molecule has 1 aliphatic rings. The molecular weight excluding hydrogens is 266 g/mol. The number of ether oxygens (including phenoxy) is 3. The normalized spacial score (nSPS) is 16.8. The first kappa shape index (κ1) is 16.0. The van der Waals surface area contributed by atoms with Gasteiger partial charge in [-0.2, -0.15) is 0 Å². The molecule has 0 saturated heterocycles. The van der Waals surface area contributed by atoms with Crippen LogP contribution < -0.4 is 19.5 Å². The van der Waals surface area contributed by atoms with Gasteiger partial charge in [-0.3, -0.25) is 0 Å². The van der Waals surface area contributed by atoms with Gasteiger partial charge in [0, 0.05) is 25.2 Å². The summed E-state index contributed by atoms with van der Waals surface area (Å²) in [6.07, 6.45) is 5.34. The van der Waals surface area contributed by atoms with Crippen molar-refractivity contribution in [2.24, 2.45) is 5.41 Å². The largest absolute Gasteiger partial charge is 0.496 e. The highest BCUT2D eigenvalue weighted by molar-refractivity contribution is 5.50. The summed E-state index contributed by atoms with van der Waals surface area (Å²) in [6, 6.07) is 3.80. The van der Waals surface area contributed by atoms with Gasteiger partial charge in [0.1, 0.15) is 17.2 Å². The smallest absolute Gasteiger partial charge is 0.130 e. The highest BCUT2D eigenvalue weighted by Crippen LogP contribution is 2.37. The van der Waals surface area contributed by atoms with E-state index in [2.05, 4.69) is 12.2 Å². The van der Waals surface area contributed by atoms with Crippen LogP contribution in [0.3, 0.4) is 0 Å². The lowest BCUT2D eigenvalue weighted by atomic mass is 9.89. The second kappa shape index (κ2) is 7.03. The molecule has 1 aromatic rings. The first-order valence-corrected chi connectivity index (χ1v) is 7.61. The molecule has 0 bridgehead atoms. The number of hydrogen-bond donors (Lipinski definition) is 1. The van der Waals surface area contributed by atoms with E-state index in [1.54, 1.807) is 21.3 Å². The summed E-state index contributed by atoms with van der Waals surface area (Å²) < 4.78 is 16.2.